The lowest BCUT2D eigenvalue weighted by atomic mass is 10.1. The van der Waals surface area contributed by atoms with Crippen molar-refractivity contribution in [3.8, 4) is 5.75 Å². The Hall–Kier alpha value is -2.82. The highest BCUT2D eigenvalue weighted by atomic mass is 16.5. The van der Waals surface area contributed by atoms with Gasteiger partial charge in [0.05, 0.1) is 17.6 Å². The van der Waals surface area contributed by atoms with Crippen LogP contribution in [-0.2, 0) is 11.3 Å². The molecule has 0 radical (unpaired) electrons. The van der Waals surface area contributed by atoms with Gasteiger partial charge in [0.2, 0.25) is 5.91 Å². The van der Waals surface area contributed by atoms with Crippen molar-refractivity contribution < 1.29 is 9.53 Å². The Morgan fingerprint density at radius 2 is 1.90 bits per heavy atom. The van der Waals surface area contributed by atoms with Crippen molar-refractivity contribution in [3.05, 3.63) is 59.4 Å². The van der Waals surface area contributed by atoms with E-state index in [0.29, 0.717) is 13.0 Å². The number of benzene rings is 2. The Balaban J connectivity index is 1.52. The Morgan fingerprint density at radius 3 is 2.65 bits per heavy atom. The molecule has 5 nitrogen and oxygen atoms in total. The molecule has 3 aromatic rings. The first-order valence-electron chi connectivity index (χ1n) is 11.2. The van der Waals surface area contributed by atoms with Gasteiger partial charge in [-0.2, -0.15) is 0 Å². The highest BCUT2D eigenvalue weighted by Gasteiger charge is 2.38. The number of hydrogen-bond donors (Lipinski definition) is 0. The second-order valence-electron chi connectivity index (χ2n) is 9.66. The first kappa shape index (κ1) is 21.4. The van der Waals surface area contributed by atoms with Crippen LogP contribution in [0.15, 0.2) is 42.5 Å². The summed E-state index contributed by atoms with van der Waals surface area (Å²) in [4.78, 5) is 19.6. The minimum atomic E-state index is -0.164. The van der Waals surface area contributed by atoms with Gasteiger partial charge >= 0.3 is 0 Å². The van der Waals surface area contributed by atoms with Crippen LogP contribution in [0.1, 0.15) is 56.5 Å². The quantitative estimate of drug-likeness (QED) is 0.514. The molecular formula is C26H33N3O2. The van der Waals surface area contributed by atoms with Crippen molar-refractivity contribution in [2.24, 2.45) is 0 Å². The van der Waals surface area contributed by atoms with E-state index in [2.05, 4.69) is 75.6 Å². The van der Waals surface area contributed by atoms with Gasteiger partial charge in [0.25, 0.3) is 0 Å². The molecule has 1 unspecified atom stereocenters. The maximum atomic E-state index is 12.7. The van der Waals surface area contributed by atoms with Crippen LogP contribution in [0.25, 0.3) is 11.0 Å². The summed E-state index contributed by atoms with van der Waals surface area (Å²) in [6.07, 6.45) is 1.41. The summed E-state index contributed by atoms with van der Waals surface area (Å²) >= 11 is 0. The molecule has 0 saturated carbocycles. The van der Waals surface area contributed by atoms with Crippen molar-refractivity contribution in [2.45, 2.75) is 65.5 Å². The fourth-order valence-electron chi connectivity index (χ4n) is 4.44. The molecule has 4 rings (SSSR count). The summed E-state index contributed by atoms with van der Waals surface area (Å²) in [6.45, 7) is 12.6. The van der Waals surface area contributed by atoms with Crippen LogP contribution < -0.4 is 4.74 Å². The van der Waals surface area contributed by atoms with Gasteiger partial charge in [0.1, 0.15) is 11.6 Å². The van der Waals surface area contributed by atoms with Gasteiger partial charge in [0, 0.05) is 31.0 Å². The van der Waals surface area contributed by atoms with E-state index in [4.69, 9.17) is 9.72 Å². The zero-order chi connectivity index (χ0) is 22.2. The number of aryl methyl sites for hydroxylation is 3. The Kier molecular flexibility index (Phi) is 5.78. The van der Waals surface area contributed by atoms with Crippen molar-refractivity contribution in [1.82, 2.24) is 14.5 Å². The number of hydrogen-bond acceptors (Lipinski definition) is 3. The molecule has 5 heteroatoms. The minimum Gasteiger partial charge on any atom is -0.493 e. The van der Waals surface area contributed by atoms with Crippen LogP contribution in [-0.4, -0.2) is 39.0 Å². The van der Waals surface area contributed by atoms with Gasteiger partial charge in [-0.05, 0) is 70.4 Å². The molecule has 1 aliphatic heterocycles. The number of amides is 1. The first-order valence-corrected chi connectivity index (χ1v) is 11.2. The van der Waals surface area contributed by atoms with Gasteiger partial charge in [0.15, 0.2) is 0 Å². The van der Waals surface area contributed by atoms with E-state index in [1.807, 2.05) is 11.0 Å². The molecule has 164 valence electrons. The number of likely N-dealkylation sites (tertiary alicyclic amines) is 1. The van der Waals surface area contributed by atoms with Crippen LogP contribution in [0, 0.1) is 13.8 Å². The standard InChI is InChI=1S/C26H33N3O2/c1-18-11-12-19(2)23(15-18)31-14-8-13-28-22-10-7-6-9-21(22)27-25(28)20-16-24(30)29(17-20)26(3,4)5/h6-7,9-12,15,20H,8,13-14,16-17H2,1-5H3. The number of nitrogens with zero attached hydrogens (tertiary/aromatic N) is 3. The molecule has 0 aliphatic carbocycles. The number of para-hydroxylation sites is 2. The predicted octanol–water partition coefficient (Wildman–Crippen LogP) is 5.24. The van der Waals surface area contributed by atoms with E-state index in [1.165, 1.54) is 5.56 Å². The van der Waals surface area contributed by atoms with Crippen molar-refractivity contribution in [3.63, 3.8) is 0 Å². The van der Waals surface area contributed by atoms with E-state index < -0.39 is 0 Å². The van der Waals surface area contributed by atoms with Gasteiger partial charge in [-0.25, -0.2) is 4.98 Å². The van der Waals surface area contributed by atoms with Crippen molar-refractivity contribution >= 4 is 16.9 Å². The third-order valence-corrected chi connectivity index (χ3v) is 6.11. The number of rotatable bonds is 6. The smallest absolute Gasteiger partial charge is 0.223 e. The average molecular weight is 420 g/mol. The van der Waals surface area contributed by atoms with Gasteiger partial charge < -0.3 is 14.2 Å². The largest absolute Gasteiger partial charge is 0.493 e. The molecule has 31 heavy (non-hydrogen) atoms. The monoisotopic (exact) mass is 419 g/mol. The van der Waals surface area contributed by atoms with Crippen LogP contribution in [0.5, 0.6) is 5.75 Å². The van der Waals surface area contributed by atoms with Crippen molar-refractivity contribution in [1.29, 1.82) is 0 Å². The SMILES string of the molecule is Cc1ccc(C)c(OCCCn2c(C3CC(=O)N(C(C)(C)C)C3)nc3ccccc32)c1. The zero-order valence-electron chi connectivity index (χ0n) is 19.3. The van der Waals surface area contributed by atoms with Crippen LogP contribution in [0.2, 0.25) is 0 Å². The minimum absolute atomic E-state index is 0.124. The molecule has 1 aromatic heterocycles. The predicted molar refractivity (Wildman–Crippen MR) is 125 cm³/mol. The topological polar surface area (TPSA) is 47.4 Å². The van der Waals surface area contributed by atoms with Crippen LogP contribution >= 0.6 is 0 Å². The maximum absolute atomic E-state index is 12.7. The number of carbonyl (C=O) groups excluding carboxylic acids is 1. The highest BCUT2D eigenvalue weighted by molar-refractivity contribution is 5.81. The third-order valence-electron chi connectivity index (χ3n) is 6.11. The molecule has 0 bridgehead atoms. The van der Waals surface area contributed by atoms with Crippen LogP contribution in [0.3, 0.4) is 0 Å². The molecule has 1 fully saturated rings. The number of carbonyl (C=O) groups is 1. The summed E-state index contributed by atoms with van der Waals surface area (Å²) in [5, 5.41) is 0. The molecule has 2 aromatic carbocycles. The molecule has 0 N–H and O–H groups in total. The van der Waals surface area contributed by atoms with Crippen LogP contribution in [0.4, 0.5) is 0 Å². The van der Waals surface area contributed by atoms with E-state index >= 15 is 0 Å². The Labute approximate surface area is 185 Å². The Morgan fingerprint density at radius 1 is 1.13 bits per heavy atom. The number of aromatic nitrogens is 2. The van der Waals surface area contributed by atoms with Gasteiger partial charge in [-0.15, -0.1) is 0 Å². The van der Waals surface area contributed by atoms with E-state index in [-0.39, 0.29) is 17.4 Å². The lowest BCUT2D eigenvalue weighted by Gasteiger charge is -2.32. The average Bonchev–Trinajstić information content (AvgIpc) is 3.28. The maximum Gasteiger partial charge on any atom is 0.223 e. The molecule has 1 aliphatic rings. The molecule has 1 atom stereocenters. The van der Waals surface area contributed by atoms with Crippen molar-refractivity contribution in [2.75, 3.05) is 13.2 Å². The molecule has 0 spiro atoms. The Bertz CT molecular complexity index is 1090. The van der Waals surface area contributed by atoms with E-state index in [0.717, 1.165) is 47.7 Å². The molecule has 2 heterocycles. The van der Waals surface area contributed by atoms with E-state index in [1.54, 1.807) is 0 Å². The summed E-state index contributed by atoms with van der Waals surface area (Å²) in [5.41, 5.74) is 4.33. The molecule has 1 amide bonds. The normalized spacial score (nSPS) is 17.0. The number of ether oxygens (including phenoxy) is 1. The number of imidazole rings is 1. The van der Waals surface area contributed by atoms with Gasteiger partial charge in [-0.3, -0.25) is 4.79 Å². The molecular weight excluding hydrogens is 386 g/mol. The summed E-state index contributed by atoms with van der Waals surface area (Å²) in [7, 11) is 0. The third kappa shape index (κ3) is 4.46. The lowest BCUT2D eigenvalue weighted by molar-refractivity contribution is -0.131. The fourth-order valence-corrected chi connectivity index (χ4v) is 4.44. The number of fused-ring (bicyclic) bond motifs is 1. The zero-order valence-corrected chi connectivity index (χ0v) is 19.3. The summed E-state index contributed by atoms with van der Waals surface area (Å²) in [6, 6.07) is 14.6. The lowest BCUT2D eigenvalue weighted by Crippen LogP contribution is -2.42. The second-order valence-corrected chi connectivity index (χ2v) is 9.66. The summed E-state index contributed by atoms with van der Waals surface area (Å²) < 4.78 is 8.37. The summed E-state index contributed by atoms with van der Waals surface area (Å²) in [5.74, 6) is 2.32. The van der Waals surface area contributed by atoms with E-state index in [9.17, 15) is 4.79 Å². The second kappa shape index (κ2) is 8.37. The fraction of sp³-hybridized carbons (Fsp3) is 0.462. The highest BCUT2D eigenvalue weighted by Crippen LogP contribution is 2.34. The first-order chi connectivity index (χ1) is 14.7. The van der Waals surface area contributed by atoms with Gasteiger partial charge in [-0.1, -0.05) is 24.3 Å². The molecule has 1 saturated heterocycles.